The number of hydrogen-bond acceptors (Lipinski definition) is 4. The van der Waals surface area contributed by atoms with E-state index in [1.165, 1.54) is 24.8 Å². The third-order valence-corrected chi connectivity index (χ3v) is 4.02. The van der Waals surface area contributed by atoms with Crippen LogP contribution >= 0.6 is 0 Å². The molecule has 0 spiro atoms. The van der Waals surface area contributed by atoms with Crippen LogP contribution in [0.1, 0.15) is 44.2 Å². The lowest BCUT2D eigenvalue weighted by atomic mass is 10.00. The molecule has 1 saturated heterocycles. The van der Waals surface area contributed by atoms with E-state index in [2.05, 4.69) is 29.4 Å². The van der Waals surface area contributed by atoms with E-state index in [0.29, 0.717) is 12.1 Å². The summed E-state index contributed by atoms with van der Waals surface area (Å²) in [6, 6.07) is 8.90. The number of piperidine rings is 1. The molecule has 20 heavy (non-hydrogen) atoms. The molecule has 2 rings (SSSR count). The van der Waals surface area contributed by atoms with Gasteiger partial charge in [0.1, 0.15) is 0 Å². The molecule has 1 fully saturated rings. The minimum atomic E-state index is 0.141. The van der Waals surface area contributed by atoms with E-state index in [-0.39, 0.29) is 5.84 Å². The summed E-state index contributed by atoms with van der Waals surface area (Å²) >= 11 is 0. The summed E-state index contributed by atoms with van der Waals surface area (Å²) in [6.07, 6.45) is 3.81. The maximum Gasteiger partial charge on any atom is 0.170 e. The summed E-state index contributed by atoms with van der Waals surface area (Å²) in [6.45, 7) is 5.33. The molecule has 5 nitrogen and oxygen atoms in total. The van der Waals surface area contributed by atoms with E-state index in [9.17, 15) is 0 Å². The molecule has 0 aliphatic carbocycles. The number of hydrazine groups is 1. The fourth-order valence-corrected chi connectivity index (χ4v) is 2.77. The van der Waals surface area contributed by atoms with Gasteiger partial charge >= 0.3 is 0 Å². The third kappa shape index (κ3) is 3.49. The molecule has 110 valence electrons. The van der Waals surface area contributed by atoms with Crippen molar-refractivity contribution in [3.05, 3.63) is 35.4 Å². The molecule has 0 radical (unpaired) electrons. The van der Waals surface area contributed by atoms with Crippen molar-refractivity contribution in [2.24, 2.45) is 10.9 Å². The van der Waals surface area contributed by atoms with E-state index in [4.69, 9.17) is 10.9 Å². The molecule has 0 aromatic heterocycles. The lowest BCUT2D eigenvalue weighted by Gasteiger charge is -2.39. The van der Waals surface area contributed by atoms with Crippen LogP contribution in [-0.2, 0) is 6.54 Å². The molecule has 0 bridgehead atoms. The Morgan fingerprint density at radius 3 is 2.45 bits per heavy atom. The zero-order valence-corrected chi connectivity index (χ0v) is 12.2. The van der Waals surface area contributed by atoms with Gasteiger partial charge in [-0.3, -0.25) is 5.43 Å². The second kappa shape index (κ2) is 6.72. The van der Waals surface area contributed by atoms with Crippen molar-refractivity contribution in [1.82, 2.24) is 10.4 Å². The standard InChI is InChI=1S/C15H24N4O/c1-11-4-3-5-12(2)19(11)17-10-13-6-8-14(9-7-13)15(16)18-20/h6-9,11-12,17,20H,3-5,10H2,1-2H3,(H2,16,18). The van der Waals surface area contributed by atoms with Crippen molar-refractivity contribution < 1.29 is 5.21 Å². The van der Waals surface area contributed by atoms with Crippen molar-refractivity contribution in [3.8, 4) is 0 Å². The summed E-state index contributed by atoms with van der Waals surface area (Å²) in [5.74, 6) is 0.141. The van der Waals surface area contributed by atoms with Gasteiger partial charge in [-0.05, 0) is 32.3 Å². The predicted molar refractivity (Wildman–Crippen MR) is 80.4 cm³/mol. The van der Waals surface area contributed by atoms with Crippen LogP contribution in [0.25, 0.3) is 0 Å². The van der Waals surface area contributed by atoms with Crippen LogP contribution in [0, 0.1) is 0 Å². The van der Waals surface area contributed by atoms with Gasteiger partial charge in [0.25, 0.3) is 0 Å². The minimum Gasteiger partial charge on any atom is -0.409 e. The molecule has 0 saturated carbocycles. The van der Waals surface area contributed by atoms with Gasteiger partial charge in [-0.25, -0.2) is 5.01 Å². The Morgan fingerprint density at radius 2 is 1.90 bits per heavy atom. The molecule has 0 amide bonds. The largest absolute Gasteiger partial charge is 0.409 e. The fraction of sp³-hybridized carbons (Fsp3) is 0.533. The van der Waals surface area contributed by atoms with Crippen molar-refractivity contribution in [2.45, 2.75) is 51.7 Å². The lowest BCUT2D eigenvalue weighted by molar-refractivity contribution is 0.0435. The van der Waals surface area contributed by atoms with E-state index in [1.807, 2.05) is 24.3 Å². The van der Waals surface area contributed by atoms with Gasteiger partial charge in [-0.2, -0.15) is 0 Å². The van der Waals surface area contributed by atoms with Crippen molar-refractivity contribution in [2.75, 3.05) is 0 Å². The third-order valence-electron chi connectivity index (χ3n) is 4.02. The van der Waals surface area contributed by atoms with Crippen LogP contribution in [0.3, 0.4) is 0 Å². The van der Waals surface area contributed by atoms with Gasteiger partial charge in [0.15, 0.2) is 5.84 Å². The second-order valence-electron chi connectivity index (χ2n) is 5.55. The first-order valence-corrected chi connectivity index (χ1v) is 7.20. The van der Waals surface area contributed by atoms with Crippen molar-refractivity contribution >= 4 is 5.84 Å². The van der Waals surface area contributed by atoms with E-state index in [0.717, 1.165) is 12.1 Å². The lowest BCUT2D eigenvalue weighted by Crippen LogP contribution is -2.51. The van der Waals surface area contributed by atoms with Crippen LogP contribution in [-0.4, -0.2) is 28.1 Å². The highest BCUT2D eigenvalue weighted by Crippen LogP contribution is 2.20. The summed E-state index contributed by atoms with van der Waals surface area (Å²) < 4.78 is 0. The smallest absolute Gasteiger partial charge is 0.170 e. The molecule has 5 heteroatoms. The number of nitrogens with two attached hydrogens (primary N) is 1. The Bertz CT molecular complexity index is 447. The normalized spacial score (nSPS) is 24.8. The highest BCUT2D eigenvalue weighted by molar-refractivity contribution is 5.96. The van der Waals surface area contributed by atoms with Crippen molar-refractivity contribution in [3.63, 3.8) is 0 Å². The molecular formula is C15H24N4O. The molecule has 2 atom stereocenters. The predicted octanol–water partition coefficient (Wildman–Crippen LogP) is 2.05. The van der Waals surface area contributed by atoms with E-state index in [1.54, 1.807) is 0 Å². The minimum absolute atomic E-state index is 0.141. The highest BCUT2D eigenvalue weighted by atomic mass is 16.4. The molecular weight excluding hydrogens is 252 g/mol. The Morgan fingerprint density at radius 1 is 1.30 bits per heavy atom. The van der Waals surface area contributed by atoms with E-state index >= 15 is 0 Å². The van der Waals surface area contributed by atoms with Gasteiger partial charge in [0, 0.05) is 24.2 Å². The number of oxime groups is 1. The first-order valence-electron chi connectivity index (χ1n) is 7.20. The van der Waals surface area contributed by atoms with Crippen LogP contribution in [0.15, 0.2) is 29.4 Å². The number of rotatable bonds is 4. The second-order valence-corrected chi connectivity index (χ2v) is 5.55. The molecule has 1 aromatic carbocycles. The van der Waals surface area contributed by atoms with Crippen LogP contribution in [0.2, 0.25) is 0 Å². The Balaban J connectivity index is 1.93. The summed E-state index contributed by atoms with van der Waals surface area (Å²) in [5.41, 5.74) is 11.0. The Kier molecular flexibility index (Phi) is 4.98. The number of amidine groups is 1. The first-order chi connectivity index (χ1) is 9.61. The maximum atomic E-state index is 8.63. The number of nitrogens with one attached hydrogen (secondary N) is 1. The zero-order valence-electron chi connectivity index (χ0n) is 12.2. The summed E-state index contributed by atoms with van der Waals surface area (Å²) in [7, 11) is 0. The van der Waals surface area contributed by atoms with Crippen LogP contribution < -0.4 is 11.2 Å². The molecule has 2 unspecified atom stereocenters. The summed E-state index contributed by atoms with van der Waals surface area (Å²) in [4.78, 5) is 0. The first kappa shape index (κ1) is 14.8. The molecule has 4 N–H and O–H groups in total. The molecule has 1 aromatic rings. The van der Waals surface area contributed by atoms with Gasteiger partial charge < -0.3 is 10.9 Å². The molecule has 1 aliphatic rings. The Hall–Kier alpha value is -1.59. The SMILES string of the molecule is CC1CCCC(C)N1NCc1ccc(/C(N)=N/O)cc1. The Labute approximate surface area is 120 Å². The monoisotopic (exact) mass is 276 g/mol. The number of benzene rings is 1. The zero-order chi connectivity index (χ0) is 14.5. The average molecular weight is 276 g/mol. The van der Waals surface area contributed by atoms with E-state index < -0.39 is 0 Å². The molecule has 1 heterocycles. The average Bonchev–Trinajstić information content (AvgIpc) is 2.46. The van der Waals surface area contributed by atoms with Gasteiger partial charge in [-0.1, -0.05) is 35.8 Å². The number of hydrogen-bond donors (Lipinski definition) is 3. The van der Waals surface area contributed by atoms with Gasteiger partial charge in [0.05, 0.1) is 0 Å². The molecule has 1 aliphatic heterocycles. The number of nitrogens with zero attached hydrogens (tertiary/aromatic N) is 2. The summed E-state index contributed by atoms with van der Waals surface area (Å²) in [5, 5.41) is 14.0. The fourth-order valence-electron chi connectivity index (χ4n) is 2.77. The van der Waals surface area contributed by atoms with Gasteiger partial charge in [-0.15, -0.1) is 0 Å². The topological polar surface area (TPSA) is 73.9 Å². The quantitative estimate of drug-likeness (QED) is 0.340. The van der Waals surface area contributed by atoms with Crippen molar-refractivity contribution in [1.29, 1.82) is 0 Å². The van der Waals surface area contributed by atoms with Gasteiger partial charge in [0.2, 0.25) is 0 Å². The highest BCUT2D eigenvalue weighted by Gasteiger charge is 2.23. The van der Waals surface area contributed by atoms with Crippen LogP contribution in [0.4, 0.5) is 0 Å². The van der Waals surface area contributed by atoms with Crippen LogP contribution in [0.5, 0.6) is 0 Å². The maximum absolute atomic E-state index is 8.63.